The first-order valence-electron chi connectivity index (χ1n) is 7.29. The van der Waals surface area contributed by atoms with Gasteiger partial charge < -0.3 is 14.4 Å². The fourth-order valence-corrected chi connectivity index (χ4v) is 2.63. The lowest BCUT2D eigenvalue weighted by atomic mass is 10.0. The Morgan fingerprint density at radius 1 is 1.29 bits per heavy atom. The van der Waals surface area contributed by atoms with E-state index in [4.69, 9.17) is 9.47 Å². The Kier molecular flexibility index (Phi) is 5.20. The standard InChI is InChI=1S/C16H21NO4/c1-3-21-16(19)13-9-6-7-11-17(13)15(18)12-8-4-5-10-14(12)20-2/h4-5,8,10,13H,3,6-7,9,11H2,1-2H3. The van der Waals surface area contributed by atoms with Gasteiger partial charge in [0.25, 0.3) is 5.91 Å². The Bertz CT molecular complexity index is 515. The maximum Gasteiger partial charge on any atom is 0.328 e. The van der Waals surface area contributed by atoms with E-state index in [0.29, 0.717) is 30.9 Å². The van der Waals surface area contributed by atoms with Gasteiger partial charge in [-0.05, 0) is 38.3 Å². The number of piperidine rings is 1. The number of nitrogens with zero attached hydrogens (tertiary/aromatic N) is 1. The molecule has 0 aliphatic carbocycles. The molecule has 0 N–H and O–H groups in total. The number of esters is 1. The van der Waals surface area contributed by atoms with Gasteiger partial charge in [0, 0.05) is 6.54 Å². The largest absolute Gasteiger partial charge is 0.496 e. The van der Waals surface area contributed by atoms with Gasteiger partial charge >= 0.3 is 5.97 Å². The van der Waals surface area contributed by atoms with Gasteiger partial charge in [0.15, 0.2) is 0 Å². The number of amides is 1. The van der Waals surface area contributed by atoms with E-state index in [-0.39, 0.29) is 11.9 Å². The second kappa shape index (κ2) is 7.11. The number of rotatable bonds is 4. The number of ether oxygens (including phenoxy) is 2. The molecule has 0 spiro atoms. The summed E-state index contributed by atoms with van der Waals surface area (Å²) in [6, 6.07) is 6.58. The molecule has 0 radical (unpaired) electrons. The second-order valence-corrected chi connectivity index (χ2v) is 4.96. The quantitative estimate of drug-likeness (QED) is 0.798. The second-order valence-electron chi connectivity index (χ2n) is 4.96. The molecule has 5 heteroatoms. The summed E-state index contributed by atoms with van der Waals surface area (Å²) in [7, 11) is 1.53. The number of hydrogen-bond donors (Lipinski definition) is 0. The molecule has 114 valence electrons. The summed E-state index contributed by atoms with van der Waals surface area (Å²) in [5.74, 6) is 0.0290. The van der Waals surface area contributed by atoms with Crippen LogP contribution in [0.15, 0.2) is 24.3 Å². The highest BCUT2D eigenvalue weighted by Gasteiger charge is 2.34. The summed E-state index contributed by atoms with van der Waals surface area (Å²) in [6.45, 7) is 2.67. The third-order valence-electron chi connectivity index (χ3n) is 3.66. The van der Waals surface area contributed by atoms with E-state index in [2.05, 4.69) is 0 Å². The smallest absolute Gasteiger partial charge is 0.328 e. The summed E-state index contributed by atoms with van der Waals surface area (Å²) >= 11 is 0. The summed E-state index contributed by atoms with van der Waals surface area (Å²) in [4.78, 5) is 26.4. The van der Waals surface area contributed by atoms with Crippen molar-refractivity contribution in [3.05, 3.63) is 29.8 Å². The molecule has 0 aromatic heterocycles. The molecule has 1 fully saturated rings. The molecule has 1 saturated heterocycles. The number of methoxy groups -OCH3 is 1. The van der Waals surface area contributed by atoms with Gasteiger partial charge in [0.2, 0.25) is 0 Å². The van der Waals surface area contributed by atoms with E-state index in [9.17, 15) is 9.59 Å². The molecule has 1 aromatic carbocycles. The van der Waals surface area contributed by atoms with E-state index in [1.807, 2.05) is 6.07 Å². The van der Waals surface area contributed by atoms with E-state index in [1.165, 1.54) is 7.11 Å². The molecule has 1 aromatic rings. The minimum atomic E-state index is -0.490. The van der Waals surface area contributed by atoms with Gasteiger partial charge in [-0.25, -0.2) is 4.79 Å². The van der Waals surface area contributed by atoms with Crippen molar-refractivity contribution in [3.63, 3.8) is 0 Å². The topological polar surface area (TPSA) is 55.8 Å². The first kappa shape index (κ1) is 15.4. The molecular weight excluding hydrogens is 270 g/mol. The molecule has 2 rings (SSSR count). The predicted octanol–water partition coefficient (Wildman–Crippen LogP) is 2.25. The normalized spacial score (nSPS) is 18.2. The van der Waals surface area contributed by atoms with E-state index in [0.717, 1.165) is 12.8 Å². The summed E-state index contributed by atoms with van der Waals surface area (Å²) in [6.07, 6.45) is 2.48. The number of likely N-dealkylation sites (tertiary alicyclic amines) is 1. The molecule has 1 atom stereocenters. The fraction of sp³-hybridized carbons (Fsp3) is 0.500. The van der Waals surface area contributed by atoms with Crippen molar-refractivity contribution in [2.24, 2.45) is 0 Å². The van der Waals surface area contributed by atoms with Crippen LogP contribution in [0.4, 0.5) is 0 Å². The maximum absolute atomic E-state index is 12.7. The van der Waals surface area contributed by atoms with Crippen LogP contribution in [-0.4, -0.2) is 43.1 Å². The molecule has 1 heterocycles. The number of hydrogen-bond acceptors (Lipinski definition) is 4. The minimum Gasteiger partial charge on any atom is -0.496 e. The van der Waals surface area contributed by atoms with Crippen LogP contribution in [-0.2, 0) is 9.53 Å². The van der Waals surface area contributed by atoms with Crippen molar-refractivity contribution >= 4 is 11.9 Å². The zero-order valence-corrected chi connectivity index (χ0v) is 12.5. The van der Waals surface area contributed by atoms with Crippen molar-refractivity contribution in [2.75, 3.05) is 20.3 Å². The molecule has 5 nitrogen and oxygen atoms in total. The molecule has 1 aliphatic rings. The van der Waals surface area contributed by atoms with Crippen LogP contribution in [0.25, 0.3) is 0 Å². The average Bonchev–Trinajstić information content (AvgIpc) is 2.54. The van der Waals surface area contributed by atoms with E-state index < -0.39 is 6.04 Å². The third-order valence-corrected chi connectivity index (χ3v) is 3.66. The number of carbonyl (C=O) groups is 2. The SMILES string of the molecule is CCOC(=O)C1CCCCN1C(=O)c1ccccc1OC. The molecule has 21 heavy (non-hydrogen) atoms. The average molecular weight is 291 g/mol. The van der Waals surface area contributed by atoms with Gasteiger partial charge in [-0.1, -0.05) is 12.1 Å². The van der Waals surface area contributed by atoms with Crippen molar-refractivity contribution < 1.29 is 19.1 Å². The monoisotopic (exact) mass is 291 g/mol. The van der Waals surface area contributed by atoms with Crippen LogP contribution < -0.4 is 4.74 Å². The van der Waals surface area contributed by atoms with Crippen LogP contribution in [0, 0.1) is 0 Å². The van der Waals surface area contributed by atoms with Gasteiger partial charge in [-0.3, -0.25) is 4.79 Å². The Labute approximate surface area is 124 Å². The van der Waals surface area contributed by atoms with Gasteiger partial charge in [0.05, 0.1) is 19.3 Å². The molecule has 0 bridgehead atoms. The van der Waals surface area contributed by atoms with Crippen molar-refractivity contribution in [3.8, 4) is 5.75 Å². The van der Waals surface area contributed by atoms with Crippen LogP contribution in [0.1, 0.15) is 36.5 Å². The number of carbonyl (C=O) groups excluding carboxylic acids is 2. The summed E-state index contributed by atoms with van der Waals surface area (Å²) in [5, 5.41) is 0. The Balaban J connectivity index is 2.24. The summed E-state index contributed by atoms with van der Waals surface area (Å²) in [5.41, 5.74) is 0.483. The van der Waals surface area contributed by atoms with Gasteiger partial charge in [-0.15, -0.1) is 0 Å². The molecule has 1 unspecified atom stereocenters. The highest BCUT2D eigenvalue weighted by atomic mass is 16.5. The zero-order valence-electron chi connectivity index (χ0n) is 12.5. The molecule has 1 amide bonds. The lowest BCUT2D eigenvalue weighted by Crippen LogP contribution is -2.48. The fourth-order valence-electron chi connectivity index (χ4n) is 2.63. The molecule has 0 saturated carbocycles. The number of benzene rings is 1. The van der Waals surface area contributed by atoms with E-state index >= 15 is 0 Å². The first-order valence-corrected chi connectivity index (χ1v) is 7.29. The molecule has 1 aliphatic heterocycles. The lowest BCUT2D eigenvalue weighted by Gasteiger charge is -2.34. The number of para-hydroxylation sites is 1. The Morgan fingerprint density at radius 3 is 2.76 bits per heavy atom. The molecular formula is C16H21NO4. The van der Waals surface area contributed by atoms with Crippen LogP contribution >= 0.6 is 0 Å². The van der Waals surface area contributed by atoms with Gasteiger partial charge in [0.1, 0.15) is 11.8 Å². The predicted molar refractivity (Wildman–Crippen MR) is 78.3 cm³/mol. The van der Waals surface area contributed by atoms with Crippen LogP contribution in [0.3, 0.4) is 0 Å². The Morgan fingerprint density at radius 2 is 2.05 bits per heavy atom. The van der Waals surface area contributed by atoms with E-state index in [1.54, 1.807) is 30.0 Å². The van der Waals surface area contributed by atoms with Gasteiger partial charge in [-0.2, -0.15) is 0 Å². The van der Waals surface area contributed by atoms with Crippen molar-refractivity contribution in [2.45, 2.75) is 32.2 Å². The van der Waals surface area contributed by atoms with Crippen molar-refractivity contribution in [1.82, 2.24) is 4.90 Å². The van der Waals surface area contributed by atoms with Crippen LogP contribution in [0.5, 0.6) is 5.75 Å². The Hall–Kier alpha value is -2.04. The van der Waals surface area contributed by atoms with Crippen LogP contribution in [0.2, 0.25) is 0 Å². The highest BCUT2D eigenvalue weighted by Crippen LogP contribution is 2.25. The zero-order chi connectivity index (χ0) is 15.2. The maximum atomic E-state index is 12.7. The first-order chi connectivity index (χ1) is 10.2. The lowest BCUT2D eigenvalue weighted by molar-refractivity contribution is -0.149. The minimum absolute atomic E-state index is 0.176. The summed E-state index contributed by atoms with van der Waals surface area (Å²) < 4.78 is 10.3. The highest BCUT2D eigenvalue weighted by molar-refractivity contribution is 5.99. The van der Waals surface area contributed by atoms with Crippen molar-refractivity contribution in [1.29, 1.82) is 0 Å². The third kappa shape index (κ3) is 3.35.